The van der Waals surface area contributed by atoms with Gasteiger partial charge in [-0.25, -0.2) is 9.97 Å². The molecule has 1 aromatic carbocycles. The average Bonchev–Trinajstić information content (AvgIpc) is 2.80. The van der Waals surface area contributed by atoms with E-state index in [0.29, 0.717) is 6.54 Å². The van der Waals surface area contributed by atoms with Crippen LogP contribution in [0.4, 0.5) is 5.69 Å². The number of nitrogens with zero attached hydrogens (tertiary/aromatic N) is 3. The molecular weight excluding hydrogens is 272 g/mol. The van der Waals surface area contributed by atoms with Crippen molar-refractivity contribution in [1.29, 1.82) is 0 Å². The lowest BCUT2D eigenvalue weighted by atomic mass is 10.3. The van der Waals surface area contributed by atoms with Gasteiger partial charge in [-0.3, -0.25) is 4.40 Å². The van der Waals surface area contributed by atoms with E-state index in [1.54, 1.807) is 0 Å². The summed E-state index contributed by atoms with van der Waals surface area (Å²) >= 11 is 5.96. The Morgan fingerprint density at radius 2 is 2.05 bits per heavy atom. The van der Waals surface area contributed by atoms with Gasteiger partial charge in [-0.1, -0.05) is 17.7 Å². The van der Waals surface area contributed by atoms with Gasteiger partial charge in [-0.15, -0.1) is 0 Å². The van der Waals surface area contributed by atoms with Gasteiger partial charge in [0.15, 0.2) is 0 Å². The molecule has 0 saturated carbocycles. The number of aromatic nitrogens is 3. The highest BCUT2D eigenvalue weighted by Crippen LogP contribution is 2.16. The fourth-order valence-corrected chi connectivity index (χ4v) is 2.38. The Balaban J connectivity index is 1.83. The van der Waals surface area contributed by atoms with Crippen molar-refractivity contribution < 1.29 is 0 Å². The van der Waals surface area contributed by atoms with Crippen molar-refractivity contribution >= 4 is 23.1 Å². The molecule has 20 heavy (non-hydrogen) atoms. The van der Waals surface area contributed by atoms with Crippen LogP contribution in [0.5, 0.6) is 0 Å². The molecule has 0 unspecified atom stereocenters. The van der Waals surface area contributed by atoms with E-state index >= 15 is 0 Å². The second-order valence-electron chi connectivity index (χ2n) is 4.81. The molecule has 0 aliphatic carbocycles. The maximum atomic E-state index is 5.96. The lowest BCUT2D eigenvalue weighted by Crippen LogP contribution is -1.99. The Hall–Kier alpha value is -2.07. The number of hydrogen-bond donors (Lipinski definition) is 1. The number of hydrogen-bond acceptors (Lipinski definition) is 3. The van der Waals surface area contributed by atoms with Crippen LogP contribution < -0.4 is 5.32 Å². The molecule has 1 N–H and O–H groups in total. The summed E-state index contributed by atoms with van der Waals surface area (Å²) in [6.45, 7) is 4.67. The highest BCUT2D eigenvalue weighted by atomic mass is 35.5. The van der Waals surface area contributed by atoms with Crippen LogP contribution >= 0.6 is 11.6 Å². The maximum Gasteiger partial charge on any atom is 0.234 e. The van der Waals surface area contributed by atoms with Gasteiger partial charge >= 0.3 is 0 Å². The van der Waals surface area contributed by atoms with Gasteiger partial charge in [0.05, 0.1) is 12.2 Å². The molecule has 0 bridgehead atoms. The van der Waals surface area contributed by atoms with Crippen LogP contribution in [0.1, 0.15) is 17.1 Å². The van der Waals surface area contributed by atoms with Crippen LogP contribution in [0, 0.1) is 13.8 Å². The number of benzene rings is 1. The molecule has 2 heterocycles. The Morgan fingerprint density at radius 1 is 1.20 bits per heavy atom. The molecule has 3 aromatic rings. The molecule has 2 aromatic heterocycles. The van der Waals surface area contributed by atoms with Gasteiger partial charge in [0.25, 0.3) is 0 Å². The van der Waals surface area contributed by atoms with E-state index in [0.717, 1.165) is 33.6 Å². The van der Waals surface area contributed by atoms with Crippen molar-refractivity contribution in [1.82, 2.24) is 14.4 Å². The highest BCUT2D eigenvalue weighted by molar-refractivity contribution is 6.30. The summed E-state index contributed by atoms with van der Waals surface area (Å²) < 4.78 is 2.00. The van der Waals surface area contributed by atoms with Crippen molar-refractivity contribution in [3.05, 3.63) is 58.6 Å². The third-order valence-electron chi connectivity index (χ3n) is 3.11. The predicted molar refractivity (Wildman–Crippen MR) is 81.2 cm³/mol. The number of fused-ring (bicyclic) bond motifs is 1. The molecule has 0 saturated heterocycles. The molecule has 0 aliphatic rings. The zero-order valence-corrected chi connectivity index (χ0v) is 12.1. The first-order valence-electron chi connectivity index (χ1n) is 6.43. The van der Waals surface area contributed by atoms with Crippen LogP contribution in [-0.4, -0.2) is 14.4 Å². The molecule has 5 heteroatoms. The minimum atomic E-state index is 0.641. The van der Waals surface area contributed by atoms with Gasteiger partial charge < -0.3 is 5.32 Å². The minimum absolute atomic E-state index is 0.641. The summed E-state index contributed by atoms with van der Waals surface area (Å²) in [6, 6.07) is 9.69. The molecule has 0 amide bonds. The van der Waals surface area contributed by atoms with Crippen molar-refractivity contribution in [2.45, 2.75) is 20.4 Å². The number of anilines is 1. The first kappa shape index (κ1) is 12.9. The van der Waals surface area contributed by atoms with Gasteiger partial charge in [0.1, 0.15) is 0 Å². The zero-order valence-electron chi connectivity index (χ0n) is 11.4. The van der Waals surface area contributed by atoms with E-state index in [4.69, 9.17) is 11.6 Å². The van der Waals surface area contributed by atoms with Crippen LogP contribution in [0.25, 0.3) is 5.78 Å². The minimum Gasteiger partial charge on any atom is -0.379 e. The first-order chi connectivity index (χ1) is 9.61. The van der Waals surface area contributed by atoms with Crippen molar-refractivity contribution in [3.63, 3.8) is 0 Å². The third kappa shape index (κ3) is 2.60. The van der Waals surface area contributed by atoms with Crippen LogP contribution in [0.2, 0.25) is 5.02 Å². The van der Waals surface area contributed by atoms with E-state index < -0.39 is 0 Å². The fraction of sp³-hybridized carbons (Fsp3) is 0.200. The molecule has 4 nitrogen and oxygen atoms in total. The van der Waals surface area contributed by atoms with E-state index in [1.807, 2.05) is 47.9 Å². The lowest BCUT2D eigenvalue weighted by Gasteiger charge is -2.03. The smallest absolute Gasteiger partial charge is 0.234 e. The van der Waals surface area contributed by atoms with E-state index in [1.165, 1.54) is 0 Å². The molecule has 0 aliphatic heterocycles. The number of nitrogens with one attached hydrogen (secondary N) is 1. The topological polar surface area (TPSA) is 42.2 Å². The van der Waals surface area contributed by atoms with Crippen molar-refractivity contribution in [2.75, 3.05) is 5.32 Å². The summed E-state index contributed by atoms with van der Waals surface area (Å²) in [7, 11) is 0. The Kier molecular flexibility index (Phi) is 3.32. The van der Waals surface area contributed by atoms with Crippen LogP contribution in [0.3, 0.4) is 0 Å². The zero-order chi connectivity index (χ0) is 14.1. The molecule has 102 valence electrons. The average molecular weight is 287 g/mol. The first-order valence-corrected chi connectivity index (χ1v) is 6.81. The van der Waals surface area contributed by atoms with Gasteiger partial charge in [0.2, 0.25) is 5.78 Å². The van der Waals surface area contributed by atoms with Gasteiger partial charge in [0, 0.05) is 28.3 Å². The van der Waals surface area contributed by atoms with Crippen LogP contribution in [0.15, 0.2) is 36.5 Å². The molecule has 0 atom stereocenters. The van der Waals surface area contributed by atoms with Gasteiger partial charge in [-0.2, -0.15) is 0 Å². The Bertz CT molecular complexity index is 764. The monoisotopic (exact) mass is 286 g/mol. The van der Waals surface area contributed by atoms with Gasteiger partial charge in [-0.05, 0) is 38.1 Å². The SMILES string of the molecule is Cc1cc(C)n2cc(CNc3cccc(Cl)c3)nc2n1. The molecular formula is C15H15ClN4. The second-order valence-corrected chi connectivity index (χ2v) is 5.24. The Morgan fingerprint density at radius 3 is 2.85 bits per heavy atom. The van der Waals surface area contributed by atoms with Crippen LogP contribution in [-0.2, 0) is 6.54 Å². The Labute approximate surface area is 122 Å². The van der Waals surface area contributed by atoms with E-state index in [9.17, 15) is 0 Å². The third-order valence-corrected chi connectivity index (χ3v) is 3.34. The lowest BCUT2D eigenvalue weighted by molar-refractivity contribution is 1.01. The summed E-state index contributed by atoms with van der Waals surface area (Å²) in [5.41, 5.74) is 4.05. The summed E-state index contributed by atoms with van der Waals surface area (Å²) in [4.78, 5) is 8.96. The number of halogens is 1. The van der Waals surface area contributed by atoms with Crippen molar-refractivity contribution in [3.8, 4) is 0 Å². The van der Waals surface area contributed by atoms with E-state index in [2.05, 4.69) is 22.2 Å². The van der Waals surface area contributed by atoms with Crippen molar-refractivity contribution in [2.24, 2.45) is 0 Å². The fourth-order valence-electron chi connectivity index (χ4n) is 2.19. The van der Waals surface area contributed by atoms with E-state index in [-0.39, 0.29) is 0 Å². The molecule has 0 fully saturated rings. The molecule has 0 radical (unpaired) electrons. The largest absolute Gasteiger partial charge is 0.379 e. The molecule has 0 spiro atoms. The molecule has 3 rings (SSSR count). The maximum absolute atomic E-state index is 5.96. The highest BCUT2D eigenvalue weighted by Gasteiger charge is 2.05. The predicted octanol–water partition coefficient (Wildman–Crippen LogP) is 3.61. The number of rotatable bonds is 3. The normalized spacial score (nSPS) is 10.9. The summed E-state index contributed by atoms with van der Waals surface area (Å²) in [6.07, 6.45) is 2.01. The number of aryl methyl sites for hydroxylation is 2. The summed E-state index contributed by atoms with van der Waals surface area (Å²) in [5.74, 6) is 0.741. The standard InChI is InChI=1S/C15H15ClN4/c1-10-6-11(2)20-9-14(19-15(20)18-10)8-17-13-5-3-4-12(16)7-13/h3-7,9,17H,8H2,1-2H3. The quantitative estimate of drug-likeness (QED) is 0.800. The number of imidazole rings is 1. The summed E-state index contributed by atoms with van der Waals surface area (Å²) in [5, 5.41) is 4.03. The second kappa shape index (κ2) is 5.13.